The molecule has 40 heavy (non-hydrogen) atoms. The quantitative estimate of drug-likeness (QED) is 0.156. The highest BCUT2D eigenvalue weighted by Gasteiger charge is 2.20. The fourth-order valence-electron chi connectivity index (χ4n) is 4.04. The van der Waals surface area contributed by atoms with Gasteiger partial charge in [-0.2, -0.15) is 0 Å². The van der Waals surface area contributed by atoms with Crippen molar-refractivity contribution in [2.75, 3.05) is 24.9 Å². The zero-order valence-corrected chi connectivity index (χ0v) is 21.7. The van der Waals surface area contributed by atoms with Crippen LogP contribution in [0, 0.1) is 10.1 Å². The van der Waals surface area contributed by atoms with Crippen LogP contribution in [0.1, 0.15) is 42.2 Å². The van der Waals surface area contributed by atoms with E-state index in [0.717, 1.165) is 11.1 Å². The number of carbonyl (C=O) groups excluding carboxylic acids is 3. The highest BCUT2D eigenvalue weighted by molar-refractivity contribution is 6.07. The highest BCUT2D eigenvalue weighted by Crippen LogP contribution is 2.30. The monoisotopic (exact) mass is 539 g/mol. The predicted octanol–water partition coefficient (Wildman–Crippen LogP) is 5.75. The van der Waals surface area contributed by atoms with Crippen LogP contribution >= 0.6 is 0 Å². The van der Waals surface area contributed by atoms with Crippen molar-refractivity contribution in [2.45, 2.75) is 6.42 Å². The number of carbonyl (C=O) groups is 3. The van der Waals surface area contributed by atoms with Gasteiger partial charge in [0, 0.05) is 23.4 Å². The van der Waals surface area contributed by atoms with Crippen molar-refractivity contribution in [2.24, 2.45) is 0 Å². The number of esters is 2. The number of benzene rings is 4. The van der Waals surface area contributed by atoms with Gasteiger partial charge in [0.2, 0.25) is 0 Å². The van der Waals surface area contributed by atoms with E-state index in [0.29, 0.717) is 23.5 Å². The summed E-state index contributed by atoms with van der Waals surface area (Å²) < 4.78 is 9.58. The van der Waals surface area contributed by atoms with Crippen LogP contribution in [0.15, 0.2) is 91.0 Å². The molecular weight excluding hydrogens is 514 g/mol. The van der Waals surface area contributed by atoms with E-state index in [-0.39, 0.29) is 22.4 Å². The van der Waals surface area contributed by atoms with Crippen molar-refractivity contribution >= 4 is 40.6 Å². The van der Waals surface area contributed by atoms with Crippen molar-refractivity contribution in [3.8, 4) is 0 Å². The van der Waals surface area contributed by atoms with E-state index in [4.69, 9.17) is 9.47 Å². The lowest BCUT2D eigenvalue weighted by Gasteiger charge is -2.16. The molecule has 1 amide bonds. The first-order valence-corrected chi connectivity index (χ1v) is 12.1. The Morgan fingerprint density at radius 2 is 1.48 bits per heavy atom. The van der Waals surface area contributed by atoms with E-state index >= 15 is 0 Å². The molecule has 0 unspecified atom stereocenters. The molecule has 0 atom stereocenters. The molecule has 0 spiro atoms. The summed E-state index contributed by atoms with van der Waals surface area (Å²) in [6, 6.07) is 25.1. The van der Waals surface area contributed by atoms with Gasteiger partial charge in [-0.15, -0.1) is 0 Å². The summed E-state index contributed by atoms with van der Waals surface area (Å²) in [6.07, 6.45) is 0.598. The van der Waals surface area contributed by atoms with Gasteiger partial charge in [0.05, 0.1) is 41.6 Å². The molecule has 4 aromatic rings. The molecule has 0 aliphatic carbocycles. The first kappa shape index (κ1) is 27.5. The molecule has 0 saturated carbocycles. The number of nitro groups is 1. The maximum atomic E-state index is 13.1. The average molecular weight is 540 g/mol. The van der Waals surface area contributed by atoms with Gasteiger partial charge < -0.3 is 20.1 Å². The highest BCUT2D eigenvalue weighted by atomic mass is 16.6. The maximum absolute atomic E-state index is 13.1. The molecule has 0 fully saturated rings. The second-order valence-corrected chi connectivity index (χ2v) is 8.67. The Hall–Kier alpha value is -5.51. The van der Waals surface area contributed by atoms with Gasteiger partial charge in [-0.25, -0.2) is 9.59 Å². The van der Waals surface area contributed by atoms with Gasteiger partial charge in [0.15, 0.2) is 0 Å². The van der Waals surface area contributed by atoms with E-state index < -0.39 is 22.8 Å². The lowest BCUT2D eigenvalue weighted by molar-refractivity contribution is -0.384. The van der Waals surface area contributed by atoms with Gasteiger partial charge in [0.25, 0.3) is 11.6 Å². The van der Waals surface area contributed by atoms with Gasteiger partial charge in [0.1, 0.15) is 0 Å². The molecule has 4 rings (SSSR count). The fourth-order valence-corrected chi connectivity index (χ4v) is 4.04. The molecule has 0 saturated heterocycles. The van der Waals surface area contributed by atoms with Crippen LogP contribution in [0.4, 0.5) is 22.7 Å². The summed E-state index contributed by atoms with van der Waals surface area (Å²) in [5, 5.41) is 17.2. The third kappa shape index (κ3) is 6.48. The molecule has 202 valence electrons. The first-order chi connectivity index (χ1) is 19.3. The Kier molecular flexibility index (Phi) is 8.50. The third-order valence-corrected chi connectivity index (χ3v) is 6.01. The lowest BCUT2D eigenvalue weighted by atomic mass is 10.0. The van der Waals surface area contributed by atoms with Crippen LogP contribution < -0.4 is 10.6 Å². The number of ether oxygens (including phenoxy) is 2. The van der Waals surface area contributed by atoms with Crippen molar-refractivity contribution in [1.82, 2.24) is 0 Å². The van der Waals surface area contributed by atoms with Crippen molar-refractivity contribution in [3.05, 3.63) is 129 Å². The Balaban J connectivity index is 1.70. The molecular formula is C30H25N3O7. The molecule has 0 aliphatic rings. The molecule has 4 aromatic carbocycles. The van der Waals surface area contributed by atoms with Gasteiger partial charge >= 0.3 is 11.9 Å². The number of rotatable bonds is 9. The SMILES string of the molecule is COC(=O)c1ccc(Nc2ccc(Cc3ccccc3)cc2NC(=O)c2cccc([N+](=O)[O-])c2)cc1C(=O)OC. The Morgan fingerprint density at radius 3 is 2.17 bits per heavy atom. The molecule has 0 aromatic heterocycles. The van der Waals surface area contributed by atoms with Crippen LogP contribution in [0.5, 0.6) is 0 Å². The largest absolute Gasteiger partial charge is 0.465 e. The minimum atomic E-state index is -0.721. The summed E-state index contributed by atoms with van der Waals surface area (Å²) in [5.74, 6) is -1.96. The molecule has 0 heterocycles. The molecule has 2 N–H and O–H groups in total. The Morgan fingerprint density at radius 1 is 0.750 bits per heavy atom. The number of anilines is 3. The van der Waals surface area contributed by atoms with E-state index in [1.165, 1.54) is 50.6 Å². The number of non-ortho nitro benzene ring substituents is 1. The Labute approximate surface area is 229 Å². The topological polar surface area (TPSA) is 137 Å². The minimum Gasteiger partial charge on any atom is -0.465 e. The van der Waals surface area contributed by atoms with Crippen LogP contribution in [0.2, 0.25) is 0 Å². The third-order valence-electron chi connectivity index (χ3n) is 6.01. The molecule has 0 radical (unpaired) electrons. The zero-order chi connectivity index (χ0) is 28.6. The van der Waals surface area contributed by atoms with Gasteiger partial charge in [-0.3, -0.25) is 14.9 Å². The smallest absolute Gasteiger partial charge is 0.338 e. The van der Waals surface area contributed by atoms with Crippen molar-refractivity contribution < 1.29 is 28.8 Å². The van der Waals surface area contributed by atoms with Gasteiger partial charge in [-0.05, 0) is 53.9 Å². The summed E-state index contributed by atoms with van der Waals surface area (Å²) >= 11 is 0. The number of amides is 1. The number of hydrogen-bond donors (Lipinski definition) is 2. The second kappa shape index (κ2) is 12.4. The number of nitrogens with one attached hydrogen (secondary N) is 2. The number of nitrogens with zero attached hydrogens (tertiary/aromatic N) is 1. The van der Waals surface area contributed by atoms with E-state index in [9.17, 15) is 24.5 Å². The van der Waals surface area contributed by atoms with E-state index in [1.807, 2.05) is 36.4 Å². The normalized spacial score (nSPS) is 10.3. The first-order valence-electron chi connectivity index (χ1n) is 12.1. The fraction of sp³-hybridized carbons (Fsp3) is 0.100. The van der Waals surface area contributed by atoms with Crippen LogP contribution in [-0.4, -0.2) is 37.0 Å². The number of hydrogen-bond acceptors (Lipinski definition) is 8. The average Bonchev–Trinajstić information content (AvgIpc) is 2.98. The standard InChI is InChI=1S/C30H25N3O7/c1-39-29(35)24-13-12-22(18-25(24)30(36)40-2)31-26-14-11-20(15-19-7-4-3-5-8-19)16-27(26)32-28(34)21-9-6-10-23(17-21)33(37)38/h3-14,16-18,31H,15H2,1-2H3,(H,32,34). The Bertz CT molecular complexity index is 1590. The summed E-state index contributed by atoms with van der Waals surface area (Å²) in [4.78, 5) is 48.3. The maximum Gasteiger partial charge on any atom is 0.338 e. The molecule has 10 nitrogen and oxygen atoms in total. The van der Waals surface area contributed by atoms with E-state index in [2.05, 4.69) is 10.6 Å². The predicted molar refractivity (Wildman–Crippen MR) is 149 cm³/mol. The summed E-state index contributed by atoms with van der Waals surface area (Å²) in [5.41, 5.74) is 3.25. The number of methoxy groups -OCH3 is 2. The molecule has 0 bridgehead atoms. The minimum absolute atomic E-state index is 0.00206. The zero-order valence-electron chi connectivity index (χ0n) is 21.7. The molecule has 0 aliphatic heterocycles. The van der Waals surface area contributed by atoms with Crippen LogP contribution in [0.3, 0.4) is 0 Å². The van der Waals surface area contributed by atoms with Crippen LogP contribution in [0.25, 0.3) is 0 Å². The summed E-state index contributed by atoms with van der Waals surface area (Å²) in [7, 11) is 2.42. The van der Waals surface area contributed by atoms with Crippen molar-refractivity contribution in [3.63, 3.8) is 0 Å². The lowest BCUT2D eigenvalue weighted by Crippen LogP contribution is -2.14. The molecule has 10 heteroatoms. The van der Waals surface area contributed by atoms with E-state index in [1.54, 1.807) is 18.2 Å². The summed E-state index contributed by atoms with van der Waals surface area (Å²) in [6.45, 7) is 0. The van der Waals surface area contributed by atoms with Crippen LogP contribution in [-0.2, 0) is 15.9 Å². The number of nitro benzene ring substituents is 1. The van der Waals surface area contributed by atoms with Gasteiger partial charge in [-0.1, -0.05) is 42.5 Å². The second-order valence-electron chi connectivity index (χ2n) is 8.67. The van der Waals surface area contributed by atoms with Crippen molar-refractivity contribution in [1.29, 1.82) is 0 Å².